The third-order valence-electron chi connectivity index (χ3n) is 3.31. The number of imidazole rings is 1. The van der Waals surface area contributed by atoms with Crippen molar-refractivity contribution in [2.24, 2.45) is 0 Å². The molecule has 3 nitrogen and oxygen atoms in total. The molecule has 0 aromatic carbocycles. The molecule has 1 atom stereocenters. The van der Waals surface area contributed by atoms with E-state index in [-0.39, 0.29) is 5.82 Å². The van der Waals surface area contributed by atoms with Crippen LogP contribution in [-0.4, -0.2) is 22.5 Å². The van der Waals surface area contributed by atoms with E-state index in [0.717, 1.165) is 30.9 Å². The van der Waals surface area contributed by atoms with Crippen LogP contribution in [0.5, 0.6) is 0 Å². The van der Waals surface area contributed by atoms with E-state index in [0.29, 0.717) is 11.6 Å². The van der Waals surface area contributed by atoms with E-state index in [1.165, 1.54) is 12.1 Å². The van der Waals surface area contributed by atoms with Crippen molar-refractivity contribution >= 4 is 5.65 Å². The first kappa shape index (κ1) is 9.78. The first-order valence-electron chi connectivity index (χ1n) is 5.60. The smallest absolute Gasteiger partial charge is 0.140 e. The summed E-state index contributed by atoms with van der Waals surface area (Å²) >= 11 is 0. The Bertz CT molecular complexity index is 526. The van der Waals surface area contributed by atoms with Gasteiger partial charge in [-0.25, -0.2) is 9.37 Å². The second-order valence-electron chi connectivity index (χ2n) is 4.35. The highest BCUT2D eigenvalue weighted by Crippen LogP contribution is 2.25. The zero-order chi connectivity index (χ0) is 11.1. The van der Waals surface area contributed by atoms with Gasteiger partial charge in [0.25, 0.3) is 0 Å². The molecule has 1 aliphatic rings. The largest absolute Gasteiger partial charge is 0.316 e. The zero-order valence-corrected chi connectivity index (χ0v) is 9.20. The average molecular weight is 219 g/mol. The van der Waals surface area contributed by atoms with Gasteiger partial charge in [0, 0.05) is 30.4 Å². The van der Waals surface area contributed by atoms with E-state index >= 15 is 0 Å². The number of hydrogen-bond acceptors (Lipinski definition) is 2. The summed E-state index contributed by atoms with van der Waals surface area (Å²) in [7, 11) is 0. The van der Waals surface area contributed by atoms with Crippen LogP contribution in [0.4, 0.5) is 4.39 Å². The highest BCUT2D eigenvalue weighted by molar-refractivity contribution is 5.44. The summed E-state index contributed by atoms with van der Waals surface area (Å²) in [6.07, 6.45) is 2.87. The molecule has 3 rings (SSSR count). The van der Waals surface area contributed by atoms with E-state index in [4.69, 9.17) is 0 Å². The number of aryl methyl sites for hydroxylation is 1. The third-order valence-corrected chi connectivity index (χ3v) is 3.31. The Morgan fingerprint density at radius 3 is 3.19 bits per heavy atom. The van der Waals surface area contributed by atoms with Crippen molar-refractivity contribution < 1.29 is 4.39 Å². The van der Waals surface area contributed by atoms with Gasteiger partial charge in [0.1, 0.15) is 11.5 Å². The van der Waals surface area contributed by atoms with Crippen LogP contribution in [0.1, 0.15) is 23.7 Å². The third kappa shape index (κ3) is 1.41. The molecular formula is C12H14FN3. The van der Waals surface area contributed by atoms with Crippen LogP contribution in [-0.2, 0) is 0 Å². The molecule has 0 radical (unpaired) electrons. The Labute approximate surface area is 93.3 Å². The number of nitrogens with zero attached hydrogens (tertiary/aromatic N) is 2. The second-order valence-corrected chi connectivity index (χ2v) is 4.35. The summed E-state index contributed by atoms with van der Waals surface area (Å²) in [5, 5.41) is 3.33. The van der Waals surface area contributed by atoms with Gasteiger partial charge in [0.15, 0.2) is 0 Å². The molecule has 16 heavy (non-hydrogen) atoms. The van der Waals surface area contributed by atoms with E-state index in [9.17, 15) is 4.39 Å². The van der Waals surface area contributed by atoms with Crippen molar-refractivity contribution in [1.29, 1.82) is 0 Å². The highest BCUT2D eigenvalue weighted by atomic mass is 19.1. The maximum atomic E-state index is 13.1. The summed E-state index contributed by atoms with van der Waals surface area (Å²) in [4.78, 5) is 4.54. The van der Waals surface area contributed by atoms with Crippen LogP contribution in [0, 0.1) is 12.7 Å². The number of nitrogens with one attached hydrogen (secondary N) is 1. The minimum absolute atomic E-state index is 0.228. The molecule has 3 heterocycles. The van der Waals surface area contributed by atoms with Crippen molar-refractivity contribution in [3.63, 3.8) is 0 Å². The van der Waals surface area contributed by atoms with Crippen molar-refractivity contribution in [2.75, 3.05) is 13.1 Å². The van der Waals surface area contributed by atoms with Gasteiger partial charge < -0.3 is 9.72 Å². The van der Waals surface area contributed by atoms with Gasteiger partial charge in [0.05, 0.1) is 5.69 Å². The van der Waals surface area contributed by atoms with Crippen LogP contribution in [0.25, 0.3) is 5.65 Å². The maximum Gasteiger partial charge on any atom is 0.140 e. The molecular weight excluding hydrogens is 205 g/mol. The molecule has 1 saturated heterocycles. The molecule has 1 fully saturated rings. The van der Waals surface area contributed by atoms with Gasteiger partial charge in [0.2, 0.25) is 0 Å². The quantitative estimate of drug-likeness (QED) is 0.793. The predicted octanol–water partition coefficient (Wildman–Crippen LogP) is 1.86. The predicted molar refractivity (Wildman–Crippen MR) is 60.1 cm³/mol. The number of pyridine rings is 1. The van der Waals surface area contributed by atoms with Gasteiger partial charge in [-0.05, 0) is 26.0 Å². The van der Waals surface area contributed by atoms with Crippen molar-refractivity contribution in [1.82, 2.24) is 14.7 Å². The van der Waals surface area contributed by atoms with Crippen molar-refractivity contribution in [3.8, 4) is 0 Å². The lowest BCUT2D eigenvalue weighted by Crippen LogP contribution is -2.08. The van der Waals surface area contributed by atoms with Crippen LogP contribution in [0.3, 0.4) is 0 Å². The van der Waals surface area contributed by atoms with E-state index in [1.54, 1.807) is 6.20 Å². The number of aromatic nitrogens is 2. The van der Waals surface area contributed by atoms with Gasteiger partial charge >= 0.3 is 0 Å². The molecule has 1 unspecified atom stereocenters. The average Bonchev–Trinajstić information content (AvgIpc) is 2.86. The normalized spacial score (nSPS) is 20.8. The second kappa shape index (κ2) is 3.56. The van der Waals surface area contributed by atoms with E-state index in [1.807, 2.05) is 11.3 Å². The number of rotatable bonds is 1. The minimum atomic E-state index is -0.228. The fourth-order valence-electron chi connectivity index (χ4n) is 2.44. The lowest BCUT2D eigenvalue weighted by atomic mass is 10.0. The van der Waals surface area contributed by atoms with Crippen molar-refractivity contribution in [3.05, 3.63) is 35.5 Å². The first-order valence-corrected chi connectivity index (χ1v) is 5.60. The Hall–Kier alpha value is -1.42. The van der Waals surface area contributed by atoms with Crippen LogP contribution >= 0.6 is 0 Å². The molecule has 0 spiro atoms. The monoisotopic (exact) mass is 219 g/mol. The van der Waals surface area contributed by atoms with Crippen LogP contribution in [0.2, 0.25) is 0 Å². The lowest BCUT2D eigenvalue weighted by molar-refractivity contribution is 0.626. The molecule has 2 aromatic heterocycles. The maximum absolute atomic E-state index is 13.1. The fourth-order valence-corrected chi connectivity index (χ4v) is 2.44. The van der Waals surface area contributed by atoms with Gasteiger partial charge in [-0.2, -0.15) is 0 Å². The molecule has 84 valence electrons. The van der Waals surface area contributed by atoms with Gasteiger partial charge in [-0.1, -0.05) is 0 Å². The van der Waals surface area contributed by atoms with Crippen LogP contribution < -0.4 is 5.32 Å². The number of halogens is 1. The minimum Gasteiger partial charge on any atom is -0.316 e. The van der Waals surface area contributed by atoms with Gasteiger partial charge in [-0.15, -0.1) is 0 Å². The number of fused-ring (bicyclic) bond motifs is 1. The van der Waals surface area contributed by atoms with Gasteiger partial charge in [-0.3, -0.25) is 0 Å². The molecule has 4 heteroatoms. The van der Waals surface area contributed by atoms with E-state index < -0.39 is 0 Å². The summed E-state index contributed by atoms with van der Waals surface area (Å²) in [6.45, 7) is 4.07. The molecule has 1 aliphatic heterocycles. The van der Waals surface area contributed by atoms with Crippen molar-refractivity contribution in [2.45, 2.75) is 19.3 Å². The topological polar surface area (TPSA) is 29.3 Å². The molecule has 2 aromatic rings. The SMILES string of the molecule is Cc1c(C2CCNC2)nc2cc(F)ccn12. The fraction of sp³-hybridized carbons (Fsp3) is 0.417. The summed E-state index contributed by atoms with van der Waals surface area (Å²) < 4.78 is 15.0. The first-order chi connectivity index (χ1) is 7.75. The Morgan fingerprint density at radius 1 is 1.56 bits per heavy atom. The lowest BCUT2D eigenvalue weighted by Gasteiger charge is -2.05. The summed E-state index contributed by atoms with van der Waals surface area (Å²) in [6, 6.07) is 2.96. The summed E-state index contributed by atoms with van der Waals surface area (Å²) in [5.41, 5.74) is 2.94. The van der Waals surface area contributed by atoms with E-state index in [2.05, 4.69) is 10.3 Å². The molecule has 0 aliphatic carbocycles. The Morgan fingerprint density at radius 2 is 2.44 bits per heavy atom. The standard InChI is InChI=1S/C12H14FN3/c1-8-12(9-2-4-14-7-9)15-11-6-10(13)3-5-16(8)11/h3,5-6,9,14H,2,4,7H2,1H3. The Balaban J connectivity index is 2.14. The Kier molecular flexibility index (Phi) is 2.17. The highest BCUT2D eigenvalue weighted by Gasteiger charge is 2.22. The number of hydrogen-bond donors (Lipinski definition) is 1. The zero-order valence-electron chi connectivity index (χ0n) is 9.20. The molecule has 1 N–H and O–H groups in total. The van der Waals surface area contributed by atoms with Crippen LogP contribution in [0.15, 0.2) is 18.3 Å². The molecule has 0 bridgehead atoms. The molecule has 0 amide bonds. The summed E-state index contributed by atoms with van der Waals surface area (Å²) in [5.74, 6) is 0.247. The molecule has 0 saturated carbocycles.